The molecule has 0 unspecified atom stereocenters. The molecule has 1 saturated carbocycles. The van der Waals surface area contributed by atoms with Gasteiger partial charge in [-0.3, -0.25) is 9.59 Å². The summed E-state index contributed by atoms with van der Waals surface area (Å²) in [5.41, 5.74) is 3.16. The molecule has 0 radical (unpaired) electrons. The Labute approximate surface area is 165 Å². The van der Waals surface area contributed by atoms with E-state index in [9.17, 15) is 9.59 Å². The minimum atomic E-state index is -0.271. The lowest BCUT2D eigenvalue weighted by Crippen LogP contribution is -2.45. The predicted octanol–water partition coefficient (Wildman–Crippen LogP) is 2.70. The Kier molecular flexibility index (Phi) is 4.33. The number of amides is 1. The first kappa shape index (κ1) is 17.7. The van der Waals surface area contributed by atoms with Gasteiger partial charge < -0.3 is 4.90 Å². The van der Waals surface area contributed by atoms with E-state index in [-0.39, 0.29) is 11.0 Å². The quantitative estimate of drug-likeness (QED) is 0.823. The fourth-order valence-electron chi connectivity index (χ4n) is 4.94. The van der Waals surface area contributed by atoms with Crippen molar-refractivity contribution in [3.63, 3.8) is 0 Å². The predicted molar refractivity (Wildman–Crippen MR) is 107 cm³/mol. The van der Waals surface area contributed by atoms with Crippen molar-refractivity contribution in [2.75, 3.05) is 13.1 Å². The summed E-state index contributed by atoms with van der Waals surface area (Å²) in [6, 6.07) is 12.0. The molecule has 1 aromatic heterocycles. The molecular weight excluding hydrogens is 350 g/mol. The molecule has 0 N–H and O–H groups in total. The average molecular weight is 377 g/mol. The molecule has 3 aliphatic rings. The smallest absolute Gasteiger partial charge is 0.267 e. The van der Waals surface area contributed by atoms with Gasteiger partial charge in [0.15, 0.2) is 0 Å². The largest absolute Gasteiger partial charge is 0.342 e. The lowest BCUT2D eigenvalue weighted by atomic mass is 9.91. The third-order valence-electron chi connectivity index (χ3n) is 6.84. The molecule has 1 aromatic carbocycles. The summed E-state index contributed by atoms with van der Waals surface area (Å²) in [6.07, 6.45) is 6.90. The number of fused-ring (bicyclic) bond motifs is 1. The van der Waals surface area contributed by atoms with E-state index in [1.807, 2.05) is 18.2 Å². The molecule has 0 bridgehead atoms. The molecule has 0 spiro atoms. The van der Waals surface area contributed by atoms with Crippen LogP contribution in [0.2, 0.25) is 0 Å². The molecule has 2 fully saturated rings. The maximum absolute atomic E-state index is 13.2. The van der Waals surface area contributed by atoms with Crippen molar-refractivity contribution in [3.05, 3.63) is 63.6 Å². The lowest BCUT2D eigenvalue weighted by molar-refractivity contribution is -0.135. The van der Waals surface area contributed by atoms with Crippen LogP contribution in [0.1, 0.15) is 48.9 Å². The van der Waals surface area contributed by atoms with E-state index >= 15 is 0 Å². The number of aryl methyl sites for hydroxylation is 2. The van der Waals surface area contributed by atoms with Gasteiger partial charge in [-0.2, -0.15) is 5.10 Å². The average Bonchev–Trinajstić information content (AvgIpc) is 3.42. The van der Waals surface area contributed by atoms with Crippen LogP contribution < -0.4 is 5.56 Å². The Balaban J connectivity index is 1.23. The summed E-state index contributed by atoms with van der Waals surface area (Å²) >= 11 is 0. The maximum Gasteiger partial charge on any atom is 0.267 e. The van der Waals surface area contributed by atoms with Gasteiger partial charge in [-0.05, 0) is 62.0 Å². The fraction of sp³-hybridized carbons (Fsp3) is 0.522. The molecule has 2 heterocycles. The van der Waals surface area contributed by atoms with Crippen LogP contribution in [0, 0.1) is 5.92 Å². The van der Waals surface area contributed by atoms with Crippen LogP contribution in [0.5, 0.6) is 0 Å². The van der Waals surface area contributed by atoms with Gasteiger partial charge in [-0.1, -0.05) is 30.3 Å². The summed E-state index contributed by atoms with van der Waals surface area (Å²) in [5.74, 6) is 0.713. The number of carbonyl (C=O) groups excluding carboxylic acids is 1. The SMILES string of the molecule is O=C(N1CCC(Cn2nc3c(cc2=O)CCC3)CC1)C1(c2ccccc2)CC1. The number of piperidine rings is 1. The molecule has 2 aliphatic carbocycles. The van der Waals surface area contributed by atoms with Crippen LogP contribution >= 0.6 is 0 Å². The van der Waals surface area contributed by atoms with Gasteiger partial charge in [0.2, 0.25) is 5.91 Å². The molecule has 5 nitrogen and oxygen atoms in total. The van der Waals surface area contributed by atoms with E-state index in [0.29, 0.717) is 18.4 Å². The molecule has 5 rings (SSSR count). The highest BCUT2D eigenvalue weighted by Crippen LogP contribution is 2.49. The Morgan fingerprint density at radius 3 is 2.57 bits per heavy atom. The molecule has 1 saturated heterocycles. The Morgan fingerprint density at radius 1 is 1.11 bits per heavy atom. The molecular formula is C23H27N3O2. The van der Waals surface area contributed by atoms with Crippen molar-refractivity contribution >= 4 is 5.91 Å². The van der Waals surface area contributed by atoms with Crippen LogP contribution in [0.25, 0.3) is 0 Å². The van der Waals surface area contributed by atoms with Crippen molar-refractivity contribution in [1.82, 2.24) is 14.7 Å². The molecule has 28 heavy (non-hydrogen) atoms. The second kappa shape index (κ2) is 6.87. The van der Waals surface area contributed by atoms with Gasteiger partial charge in [0, 0.05) is 25.7 Å². The first-order valence-electron chi connectivity index (χ1n) is 10.6. The normalized spacial score (nSPS) is 20.8. The fourth-order valence-corrected chi connectivity index (χ4v) is 4.94. The van der Waals surface area contributed by atoms with Gasteiger partial charge in [-0.25, -0.2) is 4.68 Å². The Bertz CT molecular complexity index is 938. The van der Waals surface area contributed by atoms with E-state index in [1.54, 1.807) is 10.7 Å². The van der Waals surface area contributed by atoms with E-state index < -0.39 is 0 Å². The minimum Gasteiger partial charge on any atom is -0.342 e. The topological polar surface area (TPSA) is 55.2 Å². The summed E-state index contributed by atoms with van der Waals surface area (Å²) in [5, 5.41) is 4.61. The first-order chi connectivity index (χ1) is 13.7. The van der Waals surface area contributed by atoms with Crippen LogP contribution in [0.15, 0.2) is 41.2 Å². The second-order valence-corrected chi connectivity index (χ2v) is 8.67. The van der Waals surface area contributed by atoms with E-state index in [2.05, 4.69) is 22.1 Å². The zero-order chi connectivity index (χ0) is 19.1. The first-order valence-corrected chi connectivity index (χ1v) is 10.6. The van der Waals surface area contributed by atoms with Crippen LogP contribution in [-0.4, -0.2) is 33.7 Å². The van der Waals surface area contributed by atoms with Gasteiger partial charge in [0.1, 0.15) is 0 Å². The monoisotopic (exact) mass is 377 g/mol. The second-order valence-electron chi connectivity index (χ2n) is 8.67. The third-order valence-corrected chi connectivity index (χ3v) is 6.84. The third kappa shape index (κ3) is 3.07. The minimum absolute atomic E-state index is 0.0279. The van der Waals surface area contributed by atoms with E-state index in [0.717, 1.165) is 74.9 Å². The molecule has 1 aliphatic heterocycles. The lowest BCUT2D eigenvalue weighted by Gasteiger charge is -2.34. The number of rotatable bonds is 4. The molecule has 0 atom stereocenters. The van der Waals surface area contributed by atoms with Crippen LogP contribution in [-0.2, 0) is 29.6 Å². The highest BCUT2D eigenvalue weighted by atomic mass is 16.2. The Morgan fingerprint density at radius 2 is 1.86 bits per heavy atom. The number of hydrogen-bond acceptors (Lipinski definition) is 3. The number of aromatic nitrogens is 2. The molecule has 2 aromatic rings. The number of hydrogen-bond donors (Lipinski definition) is 0. The van der Waals surface area contributed by atoms with Gasteiger partial charge in [0.05, 0.1) is 11.1 Å². The van der Waals surface area contributed by atoms with Gasteiger partial charge >= 0.3 is 0 Å². The van der Waals surface area contributed by atoms with Crippen LogP contribution in [0.3, 0.4) is 0 Å². The van der Waals surface area contributed by atoms with Crippen molar-refractivity contribution in [1.29, 1.82) is 0 Å². The molecule has 146 valence electrons. The zero-order valence-corrected chi connectivity index (χ0v) is 16.3. The van der Waals surface area contributed by atoms with Crippen molar-refractivity contribution < 1.29 is 4.79 Å². The van der Waals surface area contributed by atoms with E-state index in [1.165, 1.54) is 0 Å². The molecule has 5 heteroatoms. The zero-order valence-electron chi connectivity index (χ0n) is 16.3. The maximum atomic E-state index is 13.2. The highest BCUT2D eigenvalue weighted by Gasteiger charge is 2.53. The van der Waals surface area contributed by atoms with Crippen molar-refractivity contribution in [2.45, 2.75) is 56.9 Å². The number of carbonyl (C=O) groups is 1. The van der Waals surface area contributed by atoms with E-state index in [4.69, 9.17) is 0 Å². The highest BCUT2D eigenvalue weighted by molar-refractivity contribution is 5.91. The summed E-state index contributed by atoms with van der Waals surface area (Å²) in [6.45, 7) is 2.26. The van der Waals surface area contributed by atoms with Gasteiger partial charge in [-0.15, -0.1) is 0 Å². The summed E-state index contributed by atoms with van der Waals surface area (Å²) in [4.78, 5) is 27.6. The van der Waals surface area contributed by atoms with Crippen molar-refractivity contribution in [2.24, 2.45) is 5.92 Å². The number of nitrogens with zero attached hydrogens (tertiary/aromatic N) is 3. The number of benzene rings is 1. The van der Waals surface area contributed by atoms with Crippen LogP contribution in [0.4, 0.5) is 0 Å². The van der Waals surface area contributed by atoms with Gasteiger partial charge in [0.25, 0.3) is 5.56 Å². The summed E-state index contributed by atoms with van der Waals surface area (Å²) in [7, 11) is 0. The Hall–Kier alpha value is -2.43. The number of likely N-dealkylation sites (tertiary alicyclic amines) is 1. The molecule has 1 amide bonds. The standard InChI is InChI=1S/C23H27N3O2/c27-21-15-18-5-4-8-20(18)24-26(21)16-17-9-13-25(14-10-17)22(28)23(11-12-23)19-6-2-1-3-7-19/h1-3,6-7,15,17H,4-5,8-14,16H2. The van der Waals surface area contributed by atoms with Crippen molar-refractivity contribution in [3.8, 4) is 0 Å². The summed E-state index contributed by atoms with van der Waals surface area (Å²) < 4.78 is 1.67.